The van der Waals surface area contributed by atoms with Crippen LogP contribution in [0, 0.1) is 5.92 Å². The lowest BCUT2D eigenvalue weighted by molar-refractivity contribution is 0.0734. The van der Waals surface area contributed by atoms with Crippen LogP contribution >= 0.6 is 0 Å². The van der Waals surface area contributed by atoms with Crippen LogP contribution in [0.3, 0.4) is 0 Å². The first-order valence-corrected chi connectivity index (χ1v) is 7.91. The summed E-state index contributed by atoms with van der Waals surface area (Å²) in [4.78, 5) is 12.0. The van der Waals surface area contributed by atoms with Gasteiger partial charge in [0, 0.05) is 12.2 Å². The van der Waals surface area contributed by atoms with Crippen molar-refractivity contribution < 1.29 is 14.3 Å². The lowest BCUT2D eigenvalue weighted by Gasteiger charge is -2.10. The second-order valence-electron chi connectivity index (χ2n) is 5.96. The maximum atomic E-state index is 12.0. The molecule has 0 unspecified atom stereocenters. The molecular formula is C19H28O3. The molecule has 1 aromatic rings. The summed E-state index contributed by atoms with van der Waals surface area (Å²) < 4.78 is 10.6. The summed E-state index contributed by atoms with van der Waals surface area (Å²) in [5.41, 5.74) is 2.03. The zero-order chi connectivity index (χ0) is 16.4. The van der Waals surface area contributed by atoms with Crippen molar-refractivity contribution in [3.8, 4) is 5.75 Å². The predicted molar refractivity (Wildman–Crippen MR) is 90.6 cm³/mol. The lowest BCUT2D eigenvalue weighted by Crippen LogP contribution is -2.11. The first kappa shape index (κ1) is 18.4. The molecule has 0 bridgehead atoms. The van der Waals surface area contributed by atoms with Gasteiger partial charge in [0.05, 0.1) is 7.11 Å². The fourth-order valence-corrected chi connectivity index (χ4v) is 2.11. The first-order chi connectivity index (χ1) is 10.5. The number of Topliss-reactive ketones (excluding diaryl/α,β-unsaturated/α-hetero) is 1. The summed E-state index contributed by atoms with van der Waals surface area (Å²) in [6.07, 6.45) is 5.55. The van der Waals surface area contributed by atoms with E-state index in [0.29, 0.717) is 18.1 Å². The number of benzene rings is 1. The Hall–Kier alpha value is -1.61. The Balaban J connectivity index is 2.20. The number of hydrogen-bond donors (Lipinski definition) is 0. The van der Waals surface area contributed by atoms with Crippen LogP contribution in [0.25, 0.3) is 0 Å². The lowest BCUT2D eigenvalue weighted by atomic mass is 10.0. The molecule has 0 aliphatic rings. The van der Waals surface area contributed by atoms with E-state index >= 15 is 0 Å². The number of carbonyl (C=O) groups excluding carboxylic acids is 1. The number of methoxy groups -OCH3 is 1. The minimum atomic E-state index is 0.0137. The fourth-order valence-electron chi connectivity index (χ4n) is 2.11. The molecule has 0 spiro atoms. The predicted octanol–water partition coefficient (Wildman–Crippen LogP) is 4.67. The largest absolute Gasteiger partial charge is 0.497 e. The van der Waals surface area contributed by atoms with E-state index in [1.807, 2.05) is 0 Å². The Morgan fingerprint density at radius 1 is 1.18 bits per heavy atom. The number of allylic oxidation sites excluding steroid dienone is 2. The Morgan fingerprint density at radius 3 is 2.45 bits per heavy atom. The van der Waals surface area contributed by atoms with Gasteiger partial charge in [0.25, 0.3) is 0 Å². The third-order valence-electron chi connectivity index (χ3n) is 3.61. The molecule has 3 nitrogen and oxygen atoms in total. The molecule has 1 aromatic carbocycles. The van der Waals surface area contributed by atoms with Gasteiger partial charge in [-0.15, -0.1) is 0 Å². The number of rotatable bonds is 10. The van der Waals surface area contributed by atoms with Gasteiger partial charge in [0.15, 0.2) is 5.78 Å². The molecular weight excluding hydrogens is 276 g/mol. The molecule has 0 radical (unpaired) electrons. The monoisotopic (exact) mass is 304 g/mol. The fraction of sp³-hybridized carbons (Fsp3) is 0.526. The van der Waals surface area contributed by atoms with Crippen molar-refractivity contribution in [2.24, 2.45) is 5.92 Å². The summed E-state index contributed by atoms with van der Waals surface area (Å²) in [6.45, 7) is 7.26. The average Bonchev–Trinajstić information content (AvgIpc) is 2.51. The van der Waals surface area contributed by atoms with Crippen LogP contribution in [0.4, 0.5) is 0 Å². The van der Waals surface area contributed by atoms with E-state index in [2.05, 4.69) is 26.8 Å². The quantitative estimate of drug-likeness (QED) is 0.358. The Kier molecular flexibility index (Phi) is 8.53. The average molecular weight is 304 g/mol. The minimum absolute atomic E-state index is 0.0137. The van der Waals surface area contributed by atoms with Crippen LogP contribution < -0.4 is 4.74 Å². The number of ketones is 1. The molecule has 0 aliphatic carbocycles. The normalized spacial score (nSPS) is 11.8. The molecule has 0 saturated carbocycles. The first-order valence-electron chi connectivity index (χ1n) is 7.91. The number of hydrogen-bond acceptors (Lipinski definition) is 3. The third kappa shape index (κ3) is 7.41. The van der Waals surface area contributed by atoms with E-state index in [0.717, 1.165) is 18.6 Å². The van der Waals surface area contributed by atoms with Gasteiger partial charge in [0.1, 0.15) is 12.4 Å². The summed E-state index contributed by atoms with van der Waals surface area (Å²) in [5.74, 6) is 1.38. The van der Waals surface area contributed by atoms with Gasteiger partial charge in [-0.25, -0.2) is 0 Å². The van der Waals surface area contributed by atoms with Crippen molar-refractivity contribution in [3.63, 3.8) is 0 Å². The van der Waals surface area contributed by atoms with E-state index in [1.54, 1.807) is 31.4 Å². The van der Waals surface area contributed by atoms with E-state index in [9.17, 15) is 4.79 Å². The maximum Gasteiger partial charge on any atom is 0.188 e. The highest BCUT2D eigenvalue weighted by Gasteiger charge is 2.07. The molecule has 0 amide bonds. The van der Waals surface area contributed by atoms with Crippen molar-refractivity contribution in [3.05, 3.63) is 41.5 Å². The number of carbonyl (C=O) groups is 1. The van der Waals surface area contributed by atoms with E-state index in [4.69, 9.17) is 9.47 Å². The van der Waals surface area contributed by atoms with Crippen molar-refractivity contribution in [1.29, 1.82) is 0 Å². The van der Waals surface area contributed by atoms with E-state index in [1.165, 1.54) is 12.0 Å². The second kappa shape index (κ2) is 10.2. The van der Waals surface area contributed by atoms with Crippen molar-refractivity contribution in [1.82, 2.24) is 0 Å². The molecule has 1 rings (SSSR count). The molecule has 3 heteroatoms. The smallest absolute Gasteiger partial charge is 0.188 e. The molecule has 22 heavy (non-hydrogen) atoms. The summed E-state index contributed by atoms with van der Waals surface area (Å²) >= 11 is 0. The summed E-state index contributed by atoms with van der Waals surface area (Å²) in [5, 5.41) is 0. The van der Waals surface area contributed by atoms with Crippen LogP contribution in [0.1, 0.15) is 50.4 Å². The van der Waals surface area contributed by atoms with Crippen LogP contribution in [-0.2, 0) is 4.74 Å². The minimum Gasteiger partial charge on any atom is -0.497 e. The second-order valence-corrected chi connectivity index (χ2v) is 5.96. The molecule has 0 aliphatic heterocycles. The highest BCUT2D eigenvalue weighted by Crippen LogP contribution is 2.13. The molecule has 122 valence electrons. The molecule has 0 fully saturated rings. The van der Waals surface area contributed by atoms with Crippen molar-refractivity contribution in [2.75, 3.05) is 20.3 Å². The van der Waals surface area contributed by atoms with E-state index < -0.39 is 0 Å². The van der Waals surface area contributed by atoms with Gasteiger partial charge >= 0.3 is 0 Å². The molecule has 1 atom stereocenters. The van der Waals surface area contributed by atoms with Crippen molar-refractivity contribution >= 4 is 5.78 Å². The van der Waals surface area contributed by atoms with Crippen molar-refractivity contribution in [2.45, 2.75) is 40.0 Å². The van der Waals surface area contributed by atoms with Gasteiger partial charge in [0.2, 0.25) is 0 Å². The van der Waals surface area contributed by atoms with Crippen LogP contribution in [-0.4, -0.2) is 26.1 Å². The van der Waals surface area contributed by atoms with E-state index in [-0.39, 0.29) is 12.4 Å². The van der Waals surface area contributed by atoms with Crippen LogP contribution in [0.15, 0.2) is 35.9 Å². The standard InChI is InChI=1S/C19H28O3/c1-15(2)6-5-7-16(3)12-13-22-14-19(20)17-8-10-18(21-4)11-9-17/h6,8-11,16H,5,7,12-14H2,1-4H3/t16-/m0/s1. The van der Waals surface area contributed by atoms with Gasteiger partial charge in [-0.05, 0) is 63.3 Å². The highest BCUT2D eigenvalue weighted by atomic mass is 16.5. The summed E-state index contributed by atoms with van der Waals surface area (Å²) in [7, 11) is 1.61. The maximum absolute atomic E-state index is 12.0. The zero-order valence-corrected chi connectivity index (χ0v) is 14.2. The Bertz CT molecular complexity index is 470. The molecule has 0 heterocycles. The topological polar surface area (TPSA) is 35.5 Å². The SMILES string of the molecule is COc1ccc(C(=O)COCC[C@@H](C)CCC=C(C)C)cc1. The van der Waals surface area contributed by atoms with Gasteiger partial charge in [-0.2, -0.15) is 0 Å². The third-order valence-corrected chi connectivity index (χ3v) is 3.61. The van der Waals surface area contributed by atoms with Gasteiger partial charge in [-0.1, -0.05) is 18.6 Å². The number of ether oxygens (including phenoxy) is 2. The zero-order valence-electron chi connectivity index (χ0n) is 14.2. The van der Waals surface area contributed by atoms with Crippen LogP contribution in [0.2, 0.25) is 0 Å². The molecule has 0 saturated heterocycles. The van der Waals surface area contributed by atoms with Gasteiger partial charge in [-0.3, -0.25) is 4.79 Å². The summed E-state index contributed by atoms with van der Waals surface area (Å²) in [6, 6.07) is 7.12. The Morgan fingerprint density at radius 2 is 1.86 bits per heavy atom. The van der Waals surface area contributed by atoms with Crippen LogP contribution in [0.5, 0.6) is 5.75 Å². The molecule has 0 N–H and O–H groups in total. The highest BCUT2D eigenvalue weighted by molar-refractivity contribution is 5.97. The van der Waals surface area contributed by atoms with Gasteiger partial charge < -0.3 is 9.47 Å². The molecule has 0 aromatic heterocycles. The Labute approximate surface area is 134 Å².